The molecule has 0 radical (unpaired) electrons. The number of fused-ring (bicyclic) bond motifs is 12. The van der Waals surface area contributed by atoms with Crippen LogP contribution in [-0.2, 0) is 6.42 Å². The molecule has 0 amide bonds. The SMILES string of the molecule is C1=Cc2c(c3cc(C4=CC=C(c5ccc(-c6ccccc6)cc5)C(c5ccc(-c6cc(-c7ccc8c9ccccc9c9ccccc9c8c7)ccc6-c6ccc(-c7ccccc7)cc6)cc5)C4)ccc3c3ccccc23)CC1. The second kappa shape index (κ2) is 19.2. The molecule has 78 heavy (non-hydrogen) atoms. The van der Waals surface area contributed by atoms with Gasteiger partial charge in [-0.3, -0.25) is 0 Å². The molecule has 0 heterocycles. The molecule has 15 rings (SSSR count). The van der Waals surface area contributed by atoms with Gasteiger partial charge in [0, 0.05) is 5.92 Å². The summed E-state index contributed by atoms with van der Waals surface area (Å²) in [5.41, 5.74) is 21.6. The molecule has 0 aromatic heterocycles. The van der Waals surface area contributed by atoms with Crippen LogP contribution in [0.4, 0.5) is 0 Å². The predicted molar refractivity (Wildman–Crippen MR) is 335 cm³/mol. The summed E-state index contributed by atoms with van der Waals surface area (Å²) in [5, 5.41) is 13.1. The van der Waals surface area contributed by atoms with Crippen molar-refractivity contribution < 1.29 is 0 Å². The lowest BCUT2D eigenvalue weighted by molar-refractivity contribution is 0.888. The first kappa shape index (κ1) is 45.7. The van der Waals surface area contributed by atoms with Crippen LogP contribution in [0.5, 0.6) is 0 Å². The molecule has 0 heteroatoms. The van der Waals surface area contributed by atoms with Crippen LogP contribution in [0.15, 0.2) is 279 Å². The zero-order valence-corrected chi connectivity index (χ0v) is 43.3. The molecule has 2 aliphatic carbocycles. The highest BCUT2D eigenvalue weighted by atomic mass is 14.3. The minimum Gasteiger partial charge on any atom is -0.0836 e. The van der Waals surface area contributed by atoms with Crippen molar-refractivity contribution in [1.29, 1.82) is 0 Å². The molecule has 366 valence electrons. The van der Waals surface area contributed by atoms with Crippen molar-refractivity contribution >= 4 is 71.1 Å². The summed E-state index contributed by atoms with van der Waals surface area (Å²) in [4.78, 5) is 0. The maximum absolute atomic E-state index is 2.50. The Morgan fingerprint density at radius 1 is 0.282 bits per heavy atom. The maximum Gasteiger partial charge on any atom is 0.0136 e. The van der Waals surface area contributed by atoms with Crippen molar-refractivity contribution in [2.24, 2.45) is 0 Å². The van der Waals surface area contributed by atoms with Crippen LogP contribution in [0.2, 0.25) is 0 Å². The van der Waals surface area contributed by atoms with E-state index in [0.29, 0.717) is 0 Å². The van der Waals surface area contributed by atoms with Gasteiger partial charge >= 0.3 is 0 Å². The topological polar surface area (TPSA) is 0 Å². The largest absolute Gasteiger partial charge is 0.0836 e. The zero-order valence-electron chi connectivity index (χ0n) is 43.3. The Hall–Kier alpha value is -9.62. The summed E-state index contributed by atoms with van der Waals surface area (Å²) in [6, 6.07) is 97.4. The third-order valence-electron chi connectivity index (χ3n) is 17.0. The van der Waals surface area contributed by atoms with Crippen LogP contribution in [0.1, 0.15) is 46.6 Å². The first-order valence-corrected chi connectivity index (χ1v) is 27.6. The van der Waals surface area contributed by atoms with Crippen molar-refractivity contribution in [1.82, 2.24) is 0 Å². The highest BCUT2D eigenvalue weighted by molar-refractivity contribution is 6.26. The van der Waals surface area contributed by atoms with Gasteiger partial charge in [0.1, 0.15) is 0 Å². The van der Waals surface area contributed by atoms with Gasteiger partial charge in [0.15, 0.2) is 0 Å². The lowest BCUT2D eigenvalue weighted by Gasteiger charge is -2.27. The molecule has 0 fully saturated rings. The second-order valence-corrected chi connectivity index (χ2v) is 21.3. The Balaban J connectivity index is 0.844. The quantitative estimate of drug-likeness (QED) is 0.133. The third-order valence-corrected chi connectivity index (χ3v) is 17.0. The van der Waals surface area contributed by atoms with E-state index in [9.17, 15) is 0 Å². The highest BCUT2D eigenvalue weighted by Gasteiger charge is 2.25. The van der Waals surface area contributed by atoms with Crippen LogP contribution < -0.4 is 0 Å². The van der Waals surface area contributed by atoms with Crippen LogP contribution >= 0.6 is 0 Å². The molecule has 0 spiro atoms. The van der Waals surface area contributed by atoms with Crippen LogP contribution in [0.3, 0.4) is 0 Å². The number of hydrogen-bond donors (Lipinski definition) is 0. The fourth-order valence-electron chi connectivity index (χ4n) is 13.0. The van der Waals surface area contributed by atoms with E-state index in [4.69, 9.17) is 0 Å². The van der Waals surface area contributed by atoms with E-state index in [2.05, 4.69) is 285 Å². The number of benzene rings is 13. The van der Waals surface area contributed by atoms with Gasteiger partial charge in [-0.1, -0.05) is 267 Å². The molecule has 13 aromatic rings. The van der Waals surface area contributed by atoms with Crippen LogP contribution in [0, 0.1) is 0 Å². The van der Waals surface area contributed by atoms with Crippen LogP contribution in [-0.4, -0.2) is 0 Å². The number of allylic oxidation sites excluding steroid dienone is 5. The smallest absolute Gasteiger partial charge is 0.0136 e. The third kappa shape index (κ3) is 8.00. The van der Waals surface area contributed by atoms with E-state index in [1.807, 2.05) is 0 Å². The van der Waals surface area contributed by atoms with Crippen molar-refractivity contribution in [2.45, 2.75) is 25.2 Å². The first-order chi connectivity index (χ1) is 38.7. The Bertz CT molecular complexity index is 4540. The van der Waals surface area contributed by atoms with Gasteiger partial charge in [0.25, 0.3) is 0 Å². The molecule has 0 saturated heterocycles. The second-order valence-electron chi connectivity index (χ2n) is 21.3. The lowest BCUT2D eigenvalue weighted by atomic mass is 9.76. The van der Waals surface area contributed by atoms with Crippen LogP contribution in [0.25, 0.3) is 127 Å². The van der Waals surface area contributed by atoms with E-state index in [-0.39, 0.29) is 5.92 Å². The summed E-state index contributed by atoms with van der Waals surface area (Å²) in [5.74, 6) is 0.144. The van der Waals surface area contributed by atoms with Gasteiger partial charge < -0.3 is 0 Å². The van der Waals surface area contributed by atoms with E-state index in [0.717, 1.165) is 19.3 Å². The molecular formula is C78H54. The molecule has 0 bridgehead atoms. The maximum atomic E-state index is 2.50. The summed E-state index contributed by atoms with van der Waals surface area (Å²) in [7, 11) is 0. The van der Waals surface area contributed by atoms with Gasteiger partial charge in [-0.2, -0.15) is 0 Å². The molecule has 2 aliphatic rings. The lowest BCUT2D eigenvalue weighted by Crippen LogP contribution is -2.07. The van der Waals surface area contributed by atoms with Crippen molar-refractivity contribution in [3.8, 4) is 55.6 Å². The molecule has 1 unspecified atom stereocenters. The van der Waals surface area contributed by atoms with Crippen molar-refractivity contribution in [3.05, 3.63) is 307 Å². The van der Waals surface area contributed by atoms with Gasteiger partial charge in [-0.25, -0.2) is 0 Å². The fraction of sp³-hybridized carbons (Fsp3) is 0.0513. The highest BCUT2D eigenvalue weighted by Crippen LogP contribution is 2.47. The summed E-state index contributed by atoms with van der Waals surface area (Å²) < 4.78 is 0. The van der Waals surface area contributed by atoms with Crippen molar-refractivity contribution in [2.75, 3.05) is 0 Å². The summed E-state index contributed by atoms with van der Waals surface area (Å²) in [6.45, 7) is 0. The van der Waals surface area contributed by atoms with Gasteiger partial charge in [0.2, 0.25) is 0 Å². The molecule has 0 N–H and O–H groups in total. The number of rotatable bonds is 8. The number of aryl methyl sites for hydroxylation is 1. The summed E-state index contributed by atoms with van der Waals surface area (Å²) >= 11 is 0. The monoisotopic (exact) mass is 990 g/mol. The van der Waals surface area contributed by atoms with Gasteiger partial charge in [0.05, 0.1) is 0 Å². The average molecular weight is 991 g/mol. The van der Waals surface area contributed by atoms with Gasteiger partial charge in [-0.05, 0) is 186 Å². The van der Waals surface area contributed by atoms with E-state index in [1.165, 1.54) is 148 Å². The Labute approximate surface area is 456 Å². The standard InChI is InChI=1S/C78H54/c1-3-15-51(16-4-1)53-27-31-55(32-28-53)63-43-39-59(61-41-45-73-69-23-9-7-19-65(69)67-21-11-13-25-71(67)77(73)49-61)47-75(63)57-35-37-58(38-36-57)76-48-60(40-44-64(76)56-33-29-54(30-34-56)52-17-5-2-6-18-52)62-42-46-74-70-24-10-8-20-66(70)68-22-12-14-26-72(68)78(74)50-62/h1-13,15-25,27-47,49-50,76H,14,26,48H2. The van der Waals surface area contributed by atoms with Gasteiger partial charge in [-0.15, -0.1) is 0 Å². The number of hydrogen-bond acceptors (Lipinski definition) is 0. The minimum absolute atomic E-state index is 0.144. The molecule has 1 atom stereocenters. The normalized spacial score (nSPS) is 14.2. The van der Waals surface area contributed by atoms with E-state index in [1.54, 1.807) is 0 Å². The van der Waals surface area contributed by atoms with E-state index < -0.39 is 0 Å². The Morgan fingerprint density at radius 2 is 0.718 bits per heavy atom. The zero-order chi connectivity index (χ0) is 51.5. The predicted octanol–water partition coefficient (Wildman–Crippen LogP) is 21.4. The molecule has 0 aliphatic heterocycles. The minimum atomic E-state index is 0.144. The molecule has 0 saturated carbocycles. The Kier molecular flexibility index (Phi) is 11.3. The Morgan fingerprint density at radius 3 is 1.36 bits per heavy atom. The first-order valence-electron chi connectivity index (χ1n) is 27.6. The average Bonchev–Trinajstić information content (AvgIpc) is 3.71. The summed E-state index contributed by atoms with van der Waals surface area (Å²) in [6.07, 6.45) is 12.6. The van der Waals surface area contributed by atoms with Crippen molar-refractivity contribution in [3.63, 3.8) is 0 Å². The molecule has 0 nitrogen and oxygen atoms in total. The molecule has 13 aromatic carbocycles. The van der Waals surface area contributed by atoms with E-state index >= 15 is 0 Å². The fourth-order valence-corrected chi connectivity index (χ4v) is 13.0. The molecular weight excluding hydrogens is 937 g/mol.